The van der Waals surface area contributed by atoms with Crippen LogP contribution in [0.25, 0.3) is 0 Å². The number of carboxylic acids is 1. The number of aliphatic carboxylic acids is 1. The molecule has 0 fully saturated rings. The number of hydrogen-bond donors (Lipinski definition) is 1. The number of halogens is 4. The lowest BCUT2D eigenvalue weighted by atomic mass is 10.2. The van der Waals surface area contributed by atoms with E-state index in [1.165, 1.54) is 30.0 Å². The molecule has 0 amide bonds. The van der Waals surface area contributed by atoms with Crippen molar-refractivity contribution in [1.82, 2.24) is 0 Å². The van der Waals surface area contributed by atoms with Gasteiger partial charge in [-0.2, -0.15) is 13.2 Å². The van der Waals surface area contributed by atoms with Crippen molar-refractivity contribution in [3.63, 3.8) is 0 Å². The van der Waals surface area contributed by atoms with Crippen molar-refractivity contribution in [2.24, 2.45) is 0 Å². The van der Waals surface area contributed by atoms with Gasteiger partial charge in [-0.05, 0) is 48.0 Å². The Hall–Kier alpha value is -2.32. The van der Waals surface area contributed by atoms with Crippen molar-refractivity contribution < 1.29 is 32.5 Å². The van der Waals surface area contributed by atoms with Gasteiger partial charge in [-0.3, -0.25) is 0 Å². The fourth-order valence-electron chi connectivity index (χ4n) is 1.98. The van der Waals surface area contributed by atoms with Crippen molar-refractivity contribution in [2.75, 3.05) is 19.0 Å². The number of carbonyl (C=O) groups is 1. The molecule has 0 radical (unpaired) electrons. The van der Waals surface area contributed by atoms with Crippen LogP contribution in [0, 0.1) is 0 Å². The fourth-order valence-corrected chi connectivity index (χ4v) is 3.12. The van der Waals surface area contributed by atoms with Gasteiger partial charge in [0, 0.05) is 10.6 Å². The number of hydrogen-bond acceptors (Lipinski definition) is 4. The van der Waals surface area contributed by atoms with Crippen LogP contribution in [-0.2, 0) is 11.0 Å². The van der Waals surface area contributed by atoms with Crippen molar-refractivity contribution in [1.29, 1.82) is 0 Å². The predicted molar refractivity (Wildman–Crippen MR) is 101 cm³/mol. The molecule has 150 valence electrons. The minimum absolute atomic E-state index is 0.149. The van der Waals surface area contributed by atoms with Gasteiger partial charge in [0.15, 0.2) is 6.61 Å². The van der Waals surface area contributed by atoms with E-state index in [-0.39, 0.29) is 6.61 Å². The summed E-state index contributed by atoms with van der Waals surface area (Å²) in [5.74, 6) is 0.0626. The zero-order chi connectivity index (χ0) is 20.7. The first-order chi connectivity index (χ1) is 13.1. The van der Waals surface area contributed by atoms with Gasteiger partial charge in [0.2, 0.25) is 0 Å². The lowest BCUT2D eigenvalue weighted by Crippen LogP contribution is -2.09. The van der Waals surface area contributed by atoms with E-state index in [0.717, 1.165) is 17.0 Å². The minimum atomic E-state index is -4.38. The molecule has 4 nitrogen and oxygen atoms in total. The fraction of sp³-hybridized carbons (Fsp3) is 0.211. The van der Waals surface area contributed by atoms with Crippen LogP contribution in [0.2, 0.25) is 5.02 Å². The van der Waals surface area contributed by atoms with Crippen LogP contribution in [0.4, 0.5) is 13.2 Å². The Balaban J connectivity index is 1.81. The molecule has 2 aromatic rings. The van der Waals surface area contributed by atoms with Gasteiger partial charge >= 0.3 is 12.1 Å². The van der Waals surface area contributed by atoms with E-state index >= 15 is 0 Å². The molecular weight excluding hydrogens is 417 g/mol. The lowest BCUT2D eigenvalue weighted by Gasteiger charge is -2.11. The molecule has 0 bridgehead atoms. The van der Waals surface area contributed by atoms with E-state index in [4.69, 9.17) is 26.2 Å². The van der Waals surface area contributed by atoms with Gasteiger partial charge in [0.05, 0.1) is 10.6 Å². The molecule has 9 heteroatoms. The summed E-state index contributed by atoms with van der Waals surface area (Å²) in [6, 6.07) is 9.27. The Labute approximate surface area is 168 Å². The molecule has 2 rings (SSSR count). The summed E-state index contributed by atoms with van der Waals surface area (Å²) in [5.41, 5.74) is -0.0215. The van der Waals surface area contributed by atoms with Crippen molar-refractivity contribution >= 4 is 29.3 Å². The molecule has 0 spiro atoms. The summed E-state index contributed by atoms with van der Waals surface area (Å²) in [6.07, 6.45) is -4.38. The monoisotopic (exact) mass is 432 g/mol. The first-order valence-corrected chi connectivity index (χ1v) is 9.25. The van der Waals surface area contributed by atoms with E-state index in [9.17, 15) is 18.0 Å². The highest BCUT2D eigenvalue weighted by atomic mass is 35.5. The third kappa shape index (κ3) is 7.01. The van der Waals surface area contributed by atoms with Crippen LogP contribution in [0.3, 0.4) is 0 Å². The summed E-state index contributed by atoms with van der Waals surface area (Å²) in [6.45, 7) is 3.57. The van der Waals surface area contributed by atoms with E-state index in [2.05, 4.69) is 6.58 Å². The molecule has 0 saturated heterocycles. The second-order valence-electron chi connectivity index (χ2n) is 5.62. The normalized spacial score (nSPS) is 11.1. The van der Waals surface area contributed by atoms with Gasteiger partial charge in [-0.25, -0.2) is 4.79 Å². The molecule has 0 heterocycles. The maximum atomic E-state index is 12.5. The Morgan fingerprint density at radius 3 is 2.25 bits per heavy atom. The number of carboxylic acid groups (broad SMARTS) is 1. The van der Waals surface area contributed by atoms with Gasteiger partial charge < -0.3 is 14.6 Å². The van der Waals surface area contributed by atoms with Crippen molar-refractivity contribution in [2.45, 2.75) is 11.1 Å². The first-order valence-electron chi connectivity index (χ1n) is 7.89. The second kappa shape index (κ2) is 9.75. The number of rotatable bonds is 9. The topological polar surface area (TPSA) is 55.8 Å². The predicted octanol–water partition coefficient (Wildman–Crippen LogP) is 5.55. The summed E-state index contributed by atoms with van der Waals surface area (Å²) < 4.78 is 48.1. The second-order valence-corrected chi connectivity index (χ2v) is 7.05. The Bertz CT molecular complexity index is 838. The van der Waals surface area contributed by atoms with Gasteiger partial charge in [-0.1, -0.05) is 18.2 Å². The molecular formula is C19H16ClF3O4S. The van der Waals surface area contributed by atoms with Crippen molar-refractivity contribution in [3.05, 3.63) is 65.2 Å². The van der Waals surface area contributed by atoms with Crippen LogP contribution < -0.4 is 9.47 Å². The maximum absolute atomic E-state index is 12.5. The molecule has 0 aromatic heterocycles. The average Bonchev–Trinajstić information content (AvgIpc) is 2.63. The smallest absolute Gasteiger partial charge is 0.416 e. The summed E-state index contributed by atoms with van der Waals surface area (Å²) in [7, 11) is 0. The molecule has 0 atom stereocenters. The molecule has 0 aliphatic heterocycles. The number of alkyl halides is 3. The zero-order valence-electron chi connectivity index (χ0n) is 14.5. The van der Waals surface area contributed by atoms with E-state index in [1.807, 2.05) is 0 Å². The van der Waals surface area contributed by atoms with E-state index in [0.29, 0.717) is 27.8 Å². The highest BCUT2D eigenvalue weighted by Gasteiger charge is 2.30. The lowest BCUT2D eigenvalue weighted by molar-refractivity contribution is -0.139. The highest BCUT2D eigenvalue weighted by Crippen LogP contribution is 2.32. The minimum Gasteiger partial charge on any atom is -0.489 e. The molecule has 1 N–H and O–H groups in total. The molecule has 0 aliphatic carbocycles. The van der Waals surface area contributed by atoms with Crippen LogP contribution in [0.1, 0.15) is 5.56 Å². The van der Waals surface area contributed by atoms with Gasteiger partial charge in [0.25, 0.3) is 0 Å². The zero-order valence-corrected chi connectivity index (χ0v) is 16.0. The van der Waals surface area contributed by atoms with Crippen LogP contribution in [0.5, 0.6) is 11.5 Å². The standard InChI is InChI=1S/C19H16ClF3O4S/c1-12(9-26-14-4-2-13(3-5-14)19(21,22)23)11-28-17-7-6-15(8-16(17)20)27-10-18(24)25/h2-8H,1,9-11H2,(H,24,25). The molecule has 28 heavy (non-hydrogen) atoms. The van der Waals surface area contributed by atoms with E-state index < -0.39 is 24.3 Å². The van der Waals surface area contributed by atoms with Crippen molar-refractivity contribution in [3.8, 4) is 11.5 Å². The van der Waals surface area contributed by atoms with Gasteiger partial charge in [-0.15, -0.1) is 11.8 Å². The Morgan fingerprint density at radius 2 is 1.68 bits per heavy atom. The maximum Gasteiger partial charge on any atom is 0.416 e. The Kier molecular flexibility index (Phi) is 7.65. The SMILES string of the molecule is C=C(COc1ccc(C(F)(F)F)cc1)CSc1ccc(OCC(=O)O)cc1Cl. The number of ether oxygens (including phenoxy) is 2. The molecule has 0 saturated carbocycles. The third-order valence-corrected chi connectivity index (χ3v) is 4.97. The third-order valence-electron chi connectivity index (χ3n) is 3.32. The molecule has 2 aromatic carbocycles. The largest absolute Gasteiger partial charge is 0.489 e. The average molecular weight is 433 g/mol. The summed E-state index contributed by atoms with van der Waals surface area (Å²) in [4.78, 5) is 11.2. The van der Waals surface area contributed by atoms with Crippen LogP contribution in [-0.4, -0.2) is 30.0 Å². The number of thioether (sulfide) groups is 1. The van der Waals surface area contributed by atoms with Crippen LogP contribution in [0.15, 0.2) is 59.5 Å². The molecule has 0 unspecified atom stereocenters. The quantitative estimate of drug-likeness (QED) is 0.416. The van der Waals surface area contributed by atoms with Crippen LogP contribution >= 0.6 is 23.4 Å². The number of benzene rings is 2. The van der Waals surface area contributed by atoms with Gasteiger partial charge in [0.1, 0.15) is 18.1 Å². The van der Waals surface area contributed by atoms with E-state index in [1.54, 1.807) is 12.1 Å². The first kappa shape index (κ1) is 22.0. The summed E-state index contributed by atoms with van der Waals surface area (Å²) in [5, 5.41) is 9.00. The summed E-state index contributed by atoms with van der Waals surface area (Å²) >= 11 is 7.55. The molecule has 0 aliphatic rings. The highest BCUT2D eigenvalue weighted by molar-refractivity contribution is 7.99. The Morgan fingerprint density at radius 1 is 1.07 bits per heavy atom.